The zero-order chi connectivity index (χ0) is 16.8. The van der Waals surface area contributed by atoms with Gasteiger partial charge in [0.15, 0.2) is 0 Å². The molecule has 0 aromatic rings. The normalized spacial score (nSPS) is 15.0. The lowest BCUT2D eigenvalue weighted by molar-refractivity contribution is -0.893. The summed E-state index contributed by atoms with van der Waals surface area (Å²) in [7, 11) is 4.36. The highest BCUT2D eigenvalue weighted by molar-refractivity contribution is 4.59. The maximum absolute atomic E-state index is 9.94. The minimum Gasteiger partial charge on any atom is -0.393 e. The Bertz CT molecular complexity index is 242. The molecule has 0 aliphatic carbocycles. The lowest BCUT2D eigenvalue weighted by atomic mass is 10.1. The molecule has 0 bridgehead atoms. The zero-order valence-corrected chi connectivity index (χ0v) is 15.7. The lowest BCUT2D eigenvalue weighted by Crippen LogP contribution is -2.46. The van der Waals surface area contributed by atoms with Crippen LogP contribution in [-0.2, 0) is 0 Å². The first kappa shape index (κ1) is 21.9. The van der Waals surface area contributed by atoms with Crippen molar-refractivity contribution in [3.63, 3.8) is 0 Å². The smallest absolute Gasteiger partial charge is 0.105 e. The molecule has 2 N–H and O–H groups in total. The second-order valence-electron chi connectivity index (χ2n) is 7.76. The summed E-state index contributed by atoms with van der Waals surface area (Å²) >= 11 is 0. The Morgan fingerprint density at radius 1 is 0.773 bits per heavy atom. The standard InChI is InChI=1S/C19H42NO2/c1-5-6-7-8-9-10-11-12-13-14-15-20(3,4)17-19(22)16-18(2)21/h18-19,21-22H,5-17H2,1-4H3/q+1. The van der Waals surface area contributed by atoms with E-state index in [1.165, 1.54) is 64.2 Å². The molecule has 0 aromatic heterocycles. The van der Waals surface area contributed by atoms with E-state index in [-0.39, 0.29) is 0 Å². The Hall–Kier alpha value is -0.120. The molecule has 134 valence electrons. The van der Waals surface area contributed by atoms with Gasteiger partial charge in [-0.25, -0.2) is 0 Å². The Kier molecular flexibility index (Phi) is 13.3. The summed E-state index contributed by atoms with van der Waals surface area (Å²) in [6.07, 6.45) is 13.3. The van der Waals surface area contributed by atoms with Crippen molar-refractivity contribution in [1.29, 1.82) is 0 Å². The third-order valence-corrected chi connectivity index (χ3v) is 4.44. The molecule has 0 radical (unpaired) electrons. The Morgan fingerprint density at radius 3 is 1.68 bits per heavy atom. The topological polar surface area (TPSA) is 40.5 Å². The van der Waals surface area contributed by atoms with E-state index in [1.807, 2.05) is 0 Å². The number of likely N-dealkylation sites (N-methyl/N-ethyl adjacent to an activating group) is 1. The highest BCUT2D eigenvalue weighted by Crippen LogP contribution is 2.12. The van der Waals surface area contributed by atoms with Crippen LogP contribution in [0.3, 0.4) is 0 Å². The van der Waals surface area contributed by atoms with Crippen LogP contribution in [-0.4, -0.2) is 54.1 Å². The number of aliphatic hydroxyl groups is 2. The molecule has 0 saturated heterocycles. The molecule has 0 fully saturated rings. The van der Waals surface area contributed by atoms with E-state index < -0.39 is 12.2 Å². The highest BCUT2D eigenvalue weighted by Gasteiger charge is 2.21. The van der Waals surface area contributed by atoms with Crippen LogP contribution < -0.4 is 0 Å². The van der Waals surface area contributed by atoms with Gasteiger partial charge in [-0.05, 0) is 19.8 Å². The van der Waals surface area contributed by atoms with Gasteiger partial charge in [-0.2, -0.15) is 0 Å². The summed E-state index contributed by atoms with van der Waals surface area (Å²) in [5.41, 5.74) is 0. The van der Waals surface area contributed by atoms with Crippen molar-refractivity contribution >= 4 is 0 Å². The summed E-state index contributed by atoms with van der Waals surface area (Å²) in [5.74, 6) is 0. The molecule has 2 unspecified atom stereocenters. The van der Waals surface area contributed by atoms with E-state index >= 15 is 0 Å². The lowest BCUT2D eigenvalue weighted by Gasteiger charge is -2.32. The van der Waals surface area contributed by atoms with E-state index in [2.05, 4.69) is 21.0 Å². The van der Waals surface area contributed by atoms with Crippen LogP contribution in [0.2, 0.25) is 0 Å². The van der Waals surface area contributed by atoms with Crippen molar-refractivity contribution in [2.45, 2.75) is 96.7 Å². The fraction of sp³-hybridized carbons (Fsp3) is 1.00. The molecule has 0 rings (SSSR count). The van der Waals surface area contributed by atoms with Gasteiger partial charge in [0.2, 0.25) is 0 Å². The fourth-order valence-electron chi connectivity index (χ4n) is 3.16. The molecular formula is C19H42NO2+. The van der Waals surface area contributed by atoms with E-state index in [9.17, 15) is 10.2 Å². The second-order valence-corrected chi connectivity index (χ2v) is 7.76. The van der Waals surface area contributed by atoms with Crippen LogP contribution in [0.5, 0.6) is 0 Å². The molecule has 0 aliphatic heterocycles. The first-order chi connectivity index (χ1) is 10.4. The van der Waals surface area contributed by atoms with Crippen LogP contribution in [0, 0.1) is 0 Å². The van der Waals surface area contributed by atoms with E-state index in [0.29, 0.717) is 6.42 Å². The minimum atomic E-state index is -0.410. The van der Waals surface area contributed by atoms with Crippen molar-refractivity contribution in [3.05, 3.63) is 0 Å². The zero-order valence-electron chi connectivity index (χ0n) is 15.7. The van der Waals surface area contributed by atoms with Gasteiger partial charge in [-0.15, -0.1) is 0 Å². The number of unbranched alkanes of at least 4 members (excludes halogenated alkanes) is 9. The summed E-state index contributed by atoms with van der Waals surface area (Å²) in [6.45, 7) is 5.87. The van der Waals surface area contributed by atoms with Crippen LogP contribution in [0.1, 0.15) is 84.5 Å². The molecule has 0 heterocycles. The first-order valence-electron chi connectivity index (χ1n) is 9.55. The van der Waals surface area contributed by atoms with Crippen LogP contribution in [0.25, 0.3) is 0 Å². The van der Waals surface area contributed by atoms with Gasteiger partial charge in [0.1, 0.15) is 12.6 Å². The van der Waals surface area contributed by atoms with Crippen molar-refractivity contribution in [2.24, 2.45) is 0 Å². The van der Waals surface area contributed by atoms with Crippen LogP contribution in [0.4, 0.5) is 0 Å². The fourth-order valence-corrected chi connectivity index (χ4v) is 3.16. The maximum atomic E-state index is 9.94. The summed E-state index contributed by atoms with van der Waals surface area (Å²) in [5, 5.41) is 19.3. The Morgan fingerprint density at radius 2 is 1.23 bits per heavy atom. The Labute approximate surface area is 139 Å². The van der Waals surface area contributed by atoms with Crippen molar-refractivity contribution in [1.82, 2.24) is 0 Å². The van der Waals surface area contributed by atoms with Gasteiger partial charge < -0.3 is 14.7 Å². The van der Waals surface area contributed by atoms with Gasteiger partial charge in [0, 0.05) is 6.42 Å². The van der Waals surface area contributed by atoms with Gasteiger partial charge in [-0.3, -0.25) is 0 Å². The largest absolute Gasteiger partial charge is 0.393 e. The first-order valence-corrected chi connectivity index (χ1v) is 9.55. The predicted molar refractivity (Wildman–Crippen MR) is 96.0 cm³/mol. The number of hydrogen-bond donors (Lipinski definition) is 2. The predicted octanol–water partition coefficient (Wildman–Crippen LogP) is 4.12. The van der Waals surface area contributed by atoms with Crippen molar-refractivity contribution in [3.8, 4) is 0 Å². The third-order valence-electron chi connectivity index (χ3n) is 4.44. The molecule has 0 amide bonds. The molecule has 3 nitrogen and oxygen atoms in total. The average molecular weight is 317 g/mol. The van der Waals surface area contributed by atoms with Gasteiger partial charge in [0.25, 0.3) is 0 Å². The average Bonchev–Trinajstić information content (AvgIpc) is 2.39. The molecule has 3 heteroatoms. The van der Waals surface area contributed by atoms with Gasteiger partial charge in [-0.1, -0.05) is 58.3 Å². The maximum Gasteiger partial charge on any atom is 0.105 e. The molecule has 22 heavy (non-hydrogen) atoms. The quantitative estimate of drug-likeness (QED) is 0.352. The number of aliphatic hydroxyl groups excluding tert-OH is 2. The molecule has 0 aliphatic rings. The molecular weight excluding hydrogens is 274 g/mol. The number of rotatable bonds is 15. The van der Waals surface area contributed by atoms with Crippen LogP contribution >= 0.6 is 0 Å². The summed E-state index contributed by atoms with van der Waals surface area (Å²) in [4.78, 5) is 0. The minimum absolute atomic E-state index is 0.391. The molecule has 0 spiro atoms. The van der Waals surface area contributed by atoms with Crippen molar-refractivity contribution < 1.29 is 14.7 Å². The van der Waals surface area contributed by atoms with E-state index in [0.717, 1.165) is 17.6 Å². The number of nitrogens with zero attached hydrogens (tertiary/aromatic N) is 1. The molecule has 0 saturated carbocycles. The summed E-state index contributed by atoms with van der Waals surface area (Å²) < 4.78 is 0.852. The third kappa shape index (κ3) is 14.8. The molecule has 0 aromatic carbocycles. The summed E-state index contributed by atoms with van der Waals surface area (Å²) in [6, 6.07) is 0. The van der Waals surface area contributed by atoms with Gasteiger partial charge >= 0.3 is 0 Å². The molecule has 2 atom stereocenters. The number of quaternary nitrogens is 1. The van der Waals surface area contributed by atoms with E-state index in [4.69, 9.17) is 0 Å². The van der Waals surface area contributed by atoms with Gasteiger partial charge in [0.05, 0.1) is 26.7 Å². The Balaban J connectivity index is 3.48. The monoisotopic (exact) mass is 316 g/mol. The van der Waals surface area contributed by atoms with Crippen LogP contribution in [0.15, 0.2) is 0 Å². The number of hydrogen-bond acceptors (Lipinski definition) is 2. The second kappa shape index (κ2) is 13.3. The highest BCUT2D eigenvalue weighted by atomic mass is 16.3. The van der Waals surface area contributed by atoms with Crippen molar-refractivity contribution in [2.75, 3.05) is 27.2 Å². The van der Waals surface area contributed by atoms with E-state index in [1.54, 1.807) is 6.92 Å². The SMILES string of the molecule is CCCCCCCCCCCC[N+](C)(C)CC(O)CC(C)O.